The van der Waals surface area contributed by atoms with Gasteiger partial charge in [0.25, 0.3) is 0 Å². The predicted molar refractivity (Wildman–Crippen MR) is 79.5 cm³/mol. The normalized spacial score (nSPS) is 18.8. The highest BCUT2D eigenvalue weighted by atomic mass is 16.4. The fourth-order valence-electron chi connectivity index (χ4n) is 2.78. The zero-order valence-electron chi connectivity index (χ0n) is 12.3. The van der Waals surface area contributed by atoms with Crippen molar-refractivity contribution in [3.63, 3.8) is 0 Å². The van der Waals surface area contributed by atoms with E-state index < -0.39 is 0 Å². The third-order valence-corrected chi connectivity index (χ3v) is 4.27. The van der Waals surface area contributed by atoms with Crippen LogP contribution in [0.1, 0.15) is 31.7 Å². The maximum absolute atomic E-state index is 9.20. The molecule has 2 aromatic rings. The molecule has 1 atom stereocenters. The third-order valence-electron chi connectivity index (χ3n) is 4.27. The third kappa shape index (κ3) is 3.14. The maximum Gasteiger partial charge on any atom is 0.247 e. The summed E-state index contributed by atoms with van der Waals surface area (Å²) in [7, 11) is 0. The molecule has 1 unspecified atom stereocenters. The Morgan fingerprint density at radius 1 is 1.24 bits per heavy atom. The zero-order chi connectivity index (χ0) is 14.7. The Morgan fingerprint density at radius 3 is 2.62 bits per heavy atom. The molecule has 0 aliphatic carbocycles. The van der Waals surface area contributed by atoms with Gasteiger partial charge in [-0.15, -0.1) is 10.2 Å². The SMILES string of the molecule is CC(c1nnc(-c2ccccc2)o1)N1CCC(CO)CC1. The molecule has 3 rings (SSSR count). The van der Waals surface area contributed by atoms with Gasteiger partial charge in [-0.3, -0.25) is 4.90 Å². The van der Waals surface area contributed by atoms with Gasteiger partial charge in [-0.05, 0) is 50.9 Å². The van der Waals surface area contributed by atoms with Crippen molar-refractivity contribution in [3.8, 4) is 11.5 Å². The van der Waals surface area contributed by atoms with Gasteiger partial charge in [-0.25, -0.2) is 0 Å². The predicted octanol–water partition coefficient (Wildman–Crippen LogP) is 2.50. The molecule has 0 amide bonds. The lowest BCUT2D eigenvalue weighted by Crippen LogP contribution is -2.36. The van der Waals surface area contributed by atoms with E-state index in [1.807, 2.05) is 30.3 Å². The van der Waals surface area contributed by atoms with Crippen LogP contribution in [0.15, 0.2) is 34.7 Å². The first kappa shape index (κ1) is 14.2. The number of hydrogen-bond acceptors (Lipinski definition) is 5. The van der Waals surface area contributed by atoms with E-state index in [4.69, 9.17) is 4.42 Å². The smallest absolute Gasteiger partial charge is 0.247 e. The number of piperidine rings is 1. The second kappa shape index (κ2) is 6.37. The lowest BCUT2D eigenvalue weighted by atomic mass is 9.97. The van der Waals surface area contributed by atoms with E-state index in [1.54, 1.807) is 0 Å². The van der Waals surface area contributed by atoms with Crippen molar-refractivity contribution >= 4 is 0 Å². The summed E-state index contributed by atoms with van der Waals surface area (Å²) in [5, 5.41) is 17.6. The van der Waals surface area contributed by atoms with E-state index >= 15 is 0 Å². The lowest BCUT2D eigenvalue weighted by Gasteiger charge is -2.33. The van der Waals surface area contributed by atoms with Crippen molar-refractivity contribution in [2.24, 2.45) is 5.92 Å². The van der Waals surface area contributed by atoms with Crippen LogP contribution in [0.5, 0.6) is 0 Å². The van der Waals surface area contributed by atoms with Gasteiger partial charge in [0.15, 0.2) is 0 Å². The number of aliphatic hydroxyl groups is 1. The highest BCUT2D eigenvalue weighted by Crippen LogP contribution is 2.27. The van der Waals surface area contributed by atoms with Crippen LogP contribution in [0.4, 0.5) is 0 Å². The molecular formula is C16H21N3O2. The number of nitrogens with zero attached hydrogens (tertiary/aromatic N) is 3. The molecule has 1 aromatic heterocycles. The quantitative estimate of drug-likeness (QED) is 0.936. The minimum atomic E-state index is 0.120. The van der Waals surface area contributed by atoms with Crippen molar-refractivity contribution in [1.29, 1.82) is 0 Å². The monoisotopic (exact) mass is 287 g/mol. The van der Waals surface area contributed by atoms with Crippen LogP contribution >= 0.6 is 0 Å². The number of rotatable bonds is 4. The highest BCUT2D eigenvalue weighted by Gasteiger charge is 2.26. The standard InChI is InChI=1S/C16H21N3O2/c1-12(19-9-7-13(11-20)8-10-19)15-17-18-16(21-15)14-5-3-2-4-6-14/h2-6,12-13,20H,7-11H2,1H3. The number of likely N-dealkylation sites (tertiary alicyclic amines) is 1. The number of hydrogen-bond donors (Lipinski definition) is 1. The van der Waals surface area contributed by atoms with Crippen LogP contribution in [0, 0.1) is 5.92 Å². The number of aliphatic hydroxyl groups excluding tert-OH is 1. The Hall–Kier alpha value is -1.72. The fourth-order valence-corrected chi connectivity index (χ4v) is 2.78. The fraction of sp³-hybridized carbons (Fsp3) is 0.500. The summed E-state index contributed by atoms with van der Waals surface area (Å²) in [4.78, 5) is 2.34. The van der Waals surface area contributed by atoms with Crippen molar-refractivity contribution in [2.75, 3.05) is 19.7 Å². The summed E-state index contributed by atoms with van der Waals surface area (Å²) in [6.45, 7) is 4.33. The van der Waals surface area contributed by atoms with E-state index in [0.717, 1.165) is 31.5 Å². The molecule has 0 spiro atoms. The van der Waals surface area contributed by atoms with E-state index in [-0.39, 0.29) is 6.04 Å². The Labute approximate surface area is 124 Å². The van der Waals surface area contributed by atoms with Gasteiger partial charge < -0.3 is 9.52 Å². The first-order valence-electron chi connectivity index (χ1n) is 7.51. The van der Waals surface area contributed by atoms with Gasteiger partial charge in [0.05, 0.1) is 6.04 Å². The van der Waals surface area contributed by atoms with Crippen molar-refractivity contribution in [2.45, 2.75) is 25.8 Å². The molecule has 0 bridgehead atoms. The van der Waals surface area contributed by atoms with Crippen LogP contribution in [-0.4, -0.2) is 39.9 Å². The molecule has 5 heteroatoms. The van der Waals surface area contributed by atoms with Crippen molar-refractivity contribution in [3.05, 3.63) is 36.2 Å². The molecule has 1 N–H and O–H groups in total. The summed E-state index contributed by atoms with van der Waals surface area (Å²) in [6.07, 6.45) is 2.06. The molecule has 1 aromatic carbocycles. The van der Waals surface area contributed by atoms with E-state index in [0.29, 0.717) is 24.3 Å². The molecule has 1 aliphatic rings. The van der Waals surface area contributed by atoms with Gasteiger partial charge in [-0.2, -0.15) is 0 Å². The zero-order valence-corrected chi connectivity index (χ0v) is 12.3. The van der Waals surface area contributed by atoms with Gasteiger partial charge >= 0.3 is 0 Å². The Balaban J connectivity index is 1.69. The van der Waals surface area contributed by atoms with Crippen LogP contribution in [0.3, 0.4) is 0 Å². The number of aromatic nitrogens is 2. The van der Waals surface area contributed by atoms with Gasteiger partial charge in [-0.1, -0.05) is 18.2 Å². The molecule has 112 valence electrons. The molecule has 0 radical (unpaired) electrons. The molecule has 0 saturated carbocycles. The first-order valence-corrected chi connectivity index (χ1v) is 7.51. The summed E-state index contributed by atoms with van der Waals surface area (Å²) in [5.74, 6) is 1.68. The molecule has 1 saturated heterocycles. The van der Waals surface area contributed by atoms with Gasteiger partial charge in [0, 0.05) is 12.2 Å². The van der Waals surface area contributed by atoms with E-state index in [9.17, 15) is 5.11 Å². The van der Waals surface area contributed by atoms with Gasteiger partial charge in [0.2, 0.25) is 11.8 Å². The Morgan fingerprint density at radius 2 is 1.95 bits per heavy atom. The highest BCUT2D eigenvalue weighted by molar-refractivity contribution is 5.51. The second-order valence-corrected chi connectivity index (χ2v) is 5.65. The second-order valence-electron chi connectivity index (χ2n) is 5.65. The topological polar surface area (TPSA) is 62.4 Å². The van der Waals surface area contributed by atoms with E-state index in [2.05, 4.69) is 22.0 Å². The van der Waals surface area contributed by atoms with Crippen LogP contribution in [-0.2, 0) is 0 Å². The molecule has 21 heavy (non-hydrogen) atoms. The summed E-state index contributed by atoms with van der Waals surface area (Å²) in [6, 6.07) is 9.94. The first-order chi connectivity index (χ1) is 10.3. The molecule has 1 aliphatic heterocycles. The largest absolute Gasteiger partial charge is 0.419 e. The number of benzene rings is 1. The van der Waals surface area contributed by atoms with Crippen LogP contribution in [0.2, 0.25) is 0 Å². The van der Waals surface area contributed by atoms with Crippen molar-refractivity contribution in [1.82, 2.24) is 15.1 Å². The average molecular weight is 287 g/mol. The summed E-state index contributed by atoms with van der Waals surface area (Å²) in [5.41, 5.74) is 0.947. The maximum atomic E-state index is 9.20. The van der Waals surface area contributed by atoms with Gasteiger partial charge in [0.1, 0.15) is 0 Å². The molecule has 5 nitrogen and oxygen atoms in total. The average Bonchev–Trinajstić information content (AvgIpc) is 3.05. The molecular weight excluding hydrogens is 266 g/mol. The minimum absolute atomic E-state index is 0.120. The molecule has 1 fully saturated rings. The van der Waals surface area contributed by atoms with Crippen molar-refractivity contribution < 1.29 is 9.52 Å². The summed E-state index contributed by atoms with van der Waals surface area (Å²) >= 11 is 0. The molecule has 2 heterocycles. The Bertz CT molecular complexity index is 562. The van der Waals surface area contributed by atoms with Crippen LogP contribution < -0.4 is 0 Å². The Kier molecular flexibility index (Phi) is 4.31. The van der Waals surface area contributed by atoms with E-state index in [1.165, 1.54) is 0 Å². The minimum Gasteiger partial charge on any atom is -0.419 e. The summed E-state index contributed by atoms with van der Waals surface area (Å²) < 4.78 is 5.82. The lowest BCUT2D eigenvalue weighted by molar-refractivity contribution is 0.0960. The van der Waals surface area contributed by atoms with Crippen LogP contribution in [0.25, 0.3) is 11.5 Å².